The van der Waals surface area contributed by atoms with Crippen molar-refractivity contribution in [1.29, 1.82) is 0 Å². The van der Waals surface area contributed by atoms with Crippen molar-refractivity contribution in [1.82, 2.24) is 0 Å². The molecule has 0 aliphatic rings. The summed E-state index contributed by atoms with van der Waals surface area (Å²) in [7, 11) is -2.93. The zero-order valence-corrected chi connectivity index (χ0v) is 9.62. The Morgan fingerprint density at radius 2 is 1.79 bits per heavy atom. The lowest BCUT2D eigenvalue weighted by Crippen LogP contribution is -2.00. The Morgan fingerprint density at radius 3 is 2.14 bits per heavy atom. The van der Waals surface area contributed by atoms with E-state index in [0.717, 1.165) is 0 Å². The SMILES string of the molecule is CC(C)c1ccc(OP(C)(N)=O)cc1. The van der Waals surface area contributed by atoms with Gasteiger partial charge in [0.15, 0.2) is 0 Å². The van der Waals surface area contributed by atoms with Crippen molar-refractivity contribution in [2.45, 2.75) is 19.8 Å². The van der Waals surface area contributed by atoms with Crippen molar-refractivity contribution in [3.05, 3.63) is 29.8 Å². The molecule has 1 aromatic carbocycles. The van der Waals surface area contributed by atoms with E-state index in [0.29, 0.717) is 11.7 Å². The van der Waals surface area contributed by atoms with E-state index in [9.17, 15) is 4.57 Å². The molecule has 0 aliphatic carbocycles. The summed E-state index contributed by atoms with van der Waals surface area (Å²) in [6.07, 6.45) is 0. The first kappa shape index (κ1) is 11.3. The predicted molar refractivity (Wildman–Crippen MR) is 58.9 cm³/mol. The monoisotopic (exact) mass is 213 g/mol. The lowest BCUT2D eigenvalue weighted by Gasteiger charge is -2.11. The number of rotatable bonds is 3. The lowest BCUT2D eigenvalue weighted by atomic mass is 10.0. The molecule has 0 saturated heterocycles. The van der Waals surface area contributed by atoms with Crippen LogP contribution in [0.4, 0.5) is 0 Å². The van der Waals surface area contributed by atoms with Crippen molar-refractivity contribution in [2.24, 2.45) is 5.50 Å². The van der Waals surface area contributed by atoms with Gasteiger partial charge in [-0.15, -0.1) is 0 Å². The van der Waals surface area contributed by atoms with Gasteiger partial charge in [-0.25, -0.2) is 5.50 Å². The molecule has 2 N–H and O–H groups in total. The molecule has 0 radical (unpaired) electrons. The molecule has 14 heavy (non-hydrogen) atoms. The smallest absolute Gasteiger partial charge is 0.310 e. The summed E-state index contributed by atoms with van der Waals surface area (Å²) in [6, 6.07) is 7.49. The molecule has 0 amide bonds. The molecular weight excluding hydrogens is 197 g/mol. The van der Waals surface area contributed by atoms with Crippen LogP contribution < -0.4 is 10.0 Å². The standard InChI is InChI=1S/C10H16NO2P/c1-8(2)9-4-6-10(7-5-9)13-14(3,11)12/h4-8H,1-3H3,(H2,11,12). The van der Waals surface area contributed by atoms with E-state index in [2.05, 4.69) is 13.8 Å². The lowest BCUT2D eigenvalue weighted by molar-refractivity contribution is 0.489. The van der Waals surface area contributed by atoms with Gasteiger partial charge < -0.3 is 4.52 Å². The average molecular weight is 213 g/mol. The van der Waals surface area contributed by atoms with E-state index in [1.165, 1.54) is 12.2 Å². The first-order valence-corrected chi connectivity index (χ1v) is 6.68. The Bertz CT molecular complexity index is 340. The van der Waals surface area contributed by atoms with Crippen molar-refractivity contribution in [3.63, 3.8) is 0 Å². The molecule has 3 nitrogen and oxygen atoms in total. The number of hydrogen-bond donors (Lipinski definition) is 1. The second-order valence-corrected chi connectivity index (χ2v) is 5.72. The van der Waals surface area contributed by atoms with E-state index in [1.807, 2.05) is 12.1 Å². The number of nitrogens with two attached hydrogens (primary N) is 1. The number of hydrogen-bond acceptors (Lipinski definition) is 2. The fourth-order valence-electron chi connectivity index (χ4n) is 1.12. The first-order chi connectivity index (χ1) is 6.38. The van der Waals surface area contributed by atoms with Gasteiger partial charge in [0.2, 0.25) is 0 Å². The molecule has 0 fully saturated rings. The van der Waals surface area contributed by atoms with Crippen LogP contribution in [0, 0.1) is 0 Å². The van der Waals surface area contributed by atoms with Gasteiger partial charge in [0.1, 0.15) is 5.75 Å². The topological polar surface area (TPSA) is 52.3 Å². The molecule has 0 bridgehead atoms. The summed E-state index contributed by atoms with van der Waals surface area (Å²) in [5.41, 5.74) is 6.52. The van der Waals surface area contributed by atoms with Crippen molar-refractivity contribution in [3.8, 4) is 5.75 Å². The normalized spacial score (nSPS) is 15.2. The molecule has 0 aromatic heterocycles. The van der Waals surface area contributed by atoms with Crippen LogP contribution in [0.25, 0.3) is 0 Å². The minimum atomic E-state index is -2.93. The van der Waals surface area contributed by atoms with Crippen LogP contribution in [0.1, 0.15) is 25.3 Å². The zero-order valence-electron chi connectivity index (χ0n) is 8.73. The van der Waals surface area contributed by atoms with Gasteiger partial charge in [0, 0.05) is 6.66 Å². The average Bonchev–Trinajstić information content (AvgIpc) is 2.02. The van der Waals surface area contributed by atoms with E-state index >= 15 is 0 Å². The quantitative estimate of drug-likeness (QED) is 0.785. The molecule has 1 atom stereocenters. The Morgan fingerprint density at radius 1 is 1.29 bits per heavy atom. The first-order valence-electron chi connectivity index (χ1n) is 4.54. The van der Waals surface area contributed by atoms with Crippen LogP contribution in [0.2, 0.25) is 0 Å². The second kappa shape index (κ2) is 4.16. The van der Waals surface area contributed by atoms with Gasteiger partial charge >= 0.3 is 7.52 Å². The highest BCUT2D eigenvalue weighted by Crippen LogP contribution is 2.34. The Labute approximate surface area is 84.8 Å². The molecule has 1 aromatic rings. The molecular formula is C10H16NO2P. The predicted octanol–water partition coefficient (Wildman–Crippen LogP) is 2.97. The van der Waals surface area contributed by atoms with E-state index < -0.39 is 7.52 Å². The maximum Gasteiger partial charge on any atom is 0.310 e. The van der Waals surface area contributed by atoms with Gasteiger partial charge in [-0.1, -0.05) is 26.0 Å². The Hall–Kier alpha value is -0.790. The fourth-order valence-corrected chi connectivity index (χ4v) is 1.66. The van der Waals surface area contributed by atoms with Crippen molar-refractivity contribution < 1.29 is 9.09 Å². The van der Waals surface area contributed by atoms with Gasteiger partial charge in [0.05, 0.1) is 0 Å². The summed E-state index contributed by atoms with van der Waals surface area (Å²) in [4.78, 5) is 0. The van der Waals surface area contributed by atoms with Crippen LogP contribution in [0.3, 0.4) is 0 Å². The molecule has 0 spiro atoms. The van der Waals surface area contributed by atoms with Crippen molar-refractivity contribution >= 4 is 7.52 Å². The molecule has 78 valence electrons. The largest absolute Gasteiger partial charge is 0.433 e. The van der Waals surface area contributed by atoms with Crippen LogP contribution in [-0.2, 0) is 4.57 Å². The Balaban J connectivity index is 2.79. The third kappa shape index (κ3) is 3.52. The summed E-state index contributed by atoms with van der Waals surface area (Å²) in [6.45, 7) is 5.62. The van der Waals surface area contributed by atoms with E-state index in [-0.39, 0.29) is 0 Å². The van der Waals surface area contributed by atoms with Gasteiger partial charge in [-0.3, -0.25) is 4.57 Å². The van der Waals surface area contributed by atoms with E-state index in [1.54, 1.807) is 12.1 Å². The second-order valence-electron chi connectivity index (χ2n) is 3.72. The Kier molecular flexibility index (Phi) is 3.35. The molecule has 4 heteroatoms. The van der Waals surface area contributed by atoms with Gasteiger partial charge in [-0.05, 0) is 23.6 Å². The highest BCUT2D eigenvalue weighted by atomic mass is 31.2. The van der Waals surface area contributed by atoms with Crippen LogP contribution in [0.15, 0.2) is 24.3 Å². The highest BCUT2D eigenvalue weighted by molar-refractivity contribution is 7.56. The minimum absolute atomic E-state index is 0.482. The number of benzene rings is 1. The maximum atomic E-state index is 11.2. The third-order valence-corrected chi connectivity index (χ3v) is 2.41. The molecule has 0 aliphatic heterocycles. The molecule has 0 saturated carbocycles. The van der Waals surface area contributed by atoms with Crippen LogP contribution >= 0.6 is 7.52 Å². The molecule has 1 unspecified atom stereocenters. The molecule has 1 rings (SSSR count). The summed E-state index contributed by atoms with van der Waals surface area (Å²) in [5, 5.41) is 0. The third-order valence-electron chi connectivity index (χ3n) is 1.83. The van der Waals surface area contributed by atoms with Crippen molar-refractivity contribution in [2.75, 3.05) is 6.66 Å². The summed E-state index contributed by atoms with van der Waals surface area (Å²) in [5.74, 6) is 1.04. The summed E-state index contributed by atoms with van der Waals surface area (Å²) < 4.78 is 16.2. The van der Waals surface area contributed by atoms with Crippen LogP contribution in [0.5, 0.6) is 5.75 Å². The summed E-state index contributed by atoms with van der Waals surface area (Å²) >= 11 is 0. The maximum absolute atomic E-state index is 11.2. The zero-order chi connectivity index (χ0) is 10.8. The van der Waals surface area contributed by atoms with Gasteiger partial charge in [0.25, 0.3) is 0 Å². The van der Waals surface area contributed by atoms with E-state index in [4.69, 9.17) is 10.0 Å². The van der Waals surface area contributed by atoms with Crippen LogP contribution in [-0.4, -0.2) is 6.66 Å². The minimum Gasteiger partial charge on any atom is -0.433 e. The fraction of sp³-hybridized carbons (Fsp3) is 0.400. The molecule has 0 heterocycles. The van der Waals surface area contributed by atoms with Gasteiger partial charge in [-0.2, -0.15) is 0 Å². The highest BCUT2D eigenvalue weighted by Gasteiger charge is 2.09.